The monoisotopic (exact) mass is 553 g/mol. The minimum atomic E-state index is -1.95. The van der Waals surface area contributed by atoms with Crippen LogP contribution >= 0.6 is 11.3 Å². The SMILES string of the molecule is CC(C)(C)[Si](C)(C)OCC1CCCCN1c1ccnc(F)c1C1Cc2ncsc2C(=O)N1c1cccnc1. The van der Waals surface area contributed by atoms with E-state index >= 15 is 4.39 Å². The Morgan fingerprint density at radius 1 is 1.18 bits per heavy atom. The van der Waals surface area contributed by atoms with E-state index in [4.69, 9.17) is 4.43 Å². The van der Waals surface area contributed by atoms with Gasteiger partial charge in [0.25, 0.3) is 5.91 Å². The molecule has 7 nitrogen and oxygen atoms in total. The van der Waals surface area contributed by atoms with Crippen LogP contribution in [0.3, 0.4) is 0 Å². The first-order valence-electron chi connectivity index (χ1n) is 13.3. The van der Waals surface area contributed by atoms with Crippen LogP contribution in [0.1, 0.15) is 67.0 Å². The van der Waals surface area contributed by atoms with Gasteiger partial charge in [-0.25, -0.2) is 9.97 Å². The second-order valence-electron chi connectivity index (χ2n) is 11.7. The van der Waals surface area contributed by atoms with Crippen molar-refractivity contribution in [2.45, 2.75) is 76.7 Å². The van der Waals surface area contributed by atoms with Gasteiger partial charge in [-0.2, -0.15) is 4.39 Å². The van der Waals surface area contributed by atoms with Crippen molar-refractivity contribution in [1.29, 1.82) is 0 Å². The lowest BCUT2D eigenvalue weighted by Gasteiger charge is -2.43. The minimum absolute atomic E-state index is 0.109. The Morgan fingerprint density at radius 3 is 2.74 bits per heavy atom. The smallest absolute Gasteiger partial charge is 0.270 e. The summed E-state index contributed by atoms with van der Waals surface area (Å²) in [6, 6.07) is 5.06. The fraction of sp³-hybridized carbons (Fsp3) is 0.500. The molecule has 0 spiro atoms. The zero-order valence-electron chi connectivity index (χ0n) is 22.8. The number of rotatable bonds is 6. The van der Waals surface area contributed by atoms with Crippen molar-refractivity contribution in [1.82, 2.24) is 15.0 Å². The molecule has 0 aromatic carbocycles. The molecule has 0 aliphatic carbocycles. The number of piperidine rings is 1. The number of fused-ring (bicyclic) bond motifs is 1. The van der Waals surface area contributed by atoms with Crippen LogP contribution < -0.4 is 9.80 Å². The van der Waals surface area contributed by atoms with E-state index in [1.165, 1.54) is 17.5 Å². The molecule has 3 aromatic heterocycles. The molecule has 1 amide bonds. The third kappa shape index (κ3) is 5.01. The van der Waals surface area contributed by atoms with E-state index in [1.54, 1.807) is 28.9 Å². The Bertz CT molecular complexity index is 1300. The van der Waals surface area contributed by atoms with E-state index < -0.39 is 20.3 Å². The molecule has 2 aliphatic rings. The van der Waals surface area contributed by atoms with Crippen molar-refractivity contribution in [2.24, 2.45) is 0 Å². The maximum atomic E-state index is 15.8. The van der Waals surface area contributed by atoms with Gasteiger partial charge in [0.2, 0.25) is 5.95 Å². The van der Waals surface area contributed by atoms with E-state index in [0.717, 1.165) is 31.5 Å². The number of anilines is 2. The largest absolute Gasteiger partial charge is 0.415 e. The van der Waals surface area contributed by atoms with Gasteiger partial charge in [-0.1, -0.05) is 20.8 Å². The molecule has 3 aromatic rings. The summed E-state index contributed by atoms with van der Waals surface area (Å²) in [4.78, 5) is 31.0. The number of hydrogen-bond donors (Lipinski definition) is 0. The molecule has 2 aliphatic heterocycles. The Kier molecular flexibility index (Phi) is 7.41. The highest BCUT2D eigenvalue weighted by Crippen LogP contribution is 2.43. The van der Waals surface area contributed by atoms with Crippen molar-refractivity contribution in [2.75, 3.05) is 23.0 Å². The summed E-state index contributed by atoms with van der Waals surface area (Å²) in [6.07, 6.45) is 8.37. The predicted molar refractivity (Wildman–Crippen MR) is 152 cm³/mol. The standard InChI is InChI=1S/C28H36FN5O2SSi/c1-28(2,3)38(4,5)36-17-20-9-6-7-14-33(20)22-11-13-31-26(29)24(22)23-15-21-25(37-18-32-21)27(35)34(23)19-10-8-12-30-16-19/h8,10-13,16,18,20,23H,6-7,9,14-15,17H2,1-5H3. The van der Waals surface area contributed by atoms with Crippen LogP contribution in [0.25, 0.3) is 0 Å². The zero-order chi connectivity index (χ0) is 27.1. The quantitative estimate of drug-likeness (QED) is 0.260. The molecule has 38 heavy (non-hydrogen) atoms. The topological polar surface area (TPSA) is 71.5 Å². The van der Waals surface area contributed by atoms with E-state index in [9.17, 15) is 4.79 Å². The van der Waals surface area contributed by atoms with Crippen molar-refractivity contribution in [3.8, 4) is 0 Å². The number of thiazole rings is 1. The van der Waals surface area contributed by atoms with E-state index in [0.29, 0.717) is 34.8 Å². The molecule has 0 N–H and O–H groups in total. The fourth-order valence-corrected chi connectivity index (χ4v) is 6.95. The van der Waals surface area contributed by atoms with Crippen molar-refractivity contribution >= 4 is 36.9 Å². The lowest BCUT2D eigenvalue weighted by atomic mass is 9.93. The lowest BCUT2D eigenvalue weighted by Crippen LogP contribution is -2.49. The van der Waals surface area contributed by atoms with Gasteiger partial charge in [-0.15, -0.1) is 11.3 Å². The second kappa shape index (κ2) is 10.5. The molecule has 1 fully saturated rings. The van der Waals surface area contributed by atoms with Crippen LogP contribution in [0, 0.1) is 5.95 Å². The predicted octanol–water partition coefficient (Wildman–Crippen LogP) is 6.40. The molecule has 5 rings (SSSR count). The van der Waals surface area contributed by atoms with Crippen LogP contribution in [-0.4, -0.2) is 48.4 Å². The first-order valence-corrected chi connectivity index (χ1v) is 17.1. The number of amides is 1. The summed E-state index contributed by atoms with van der Waals surface area (Å²) in [5.74, 6) is -0.736. The number of nitrogens with zero attached hydrogens (tertiary/aromatic N) is 5. The first-order chi connectivity index (χ1) is 18.1. The third-order valence-electron chi connectivity index (χ3n) is 8.31. The van der Waals surface area contributed by atoms with Crippen molar-refractivity contribution in [3.63, 3.8) is 0 Å². The molecule has 10 heteroatoms. The van der Waals surface area contributed by atoms with Gasteiger partial charge in [-0.3, -0.25) is 14.7 Å². The van der Waals surface area contributed by atoms with Gasteiger partial charge in [0.1, 0.15) is 4.88 Å². The lowest BCUT2D eigenvalue weighted by molar-refractivity contribution is 0.0970. The zero-order valence-corrected chi connectivity index (χ0v) is 24.6. The molecular formula is C28H36FN5O2SSi. The van der Waals surface area contributed by atoms with Gasteiger partial charge in [0.05, 0.1) is 47.3 Å². The van der Waals surface area contributed by atoms with Crippen LogP contribution in [0.4, 0.5) is 15.8 Å². The van der Waals surface area contributed by atoms with Crippen LogP contribution in [0.15, 0.2) is 42.3 Å². The van der Waals surface area contributed by atoms with E-state index in [2.05, 4.69) is 53.7 Å². The average molecular weight is 554 g/mol. The van der Waals surface area contributed by atoms with Gasteiger partial charge >= 0.3 is 0 Å². The number of pyridine rings is 2. The van der Waals surface area contributed by atoms with Crippen LogP contribution in [0.5, 0.6) is 0 Å². The summed E-state index contributed by atoms with van der Waals surface area (Å²) < 4.78 is 22.5. The van der Waals surface area contributed by atoms with Gasteiger partial charge in [0.15, 0.2) is 8.32 Å². The summed E-state index contributed by atoms with van der Waals surface area (Å²) in [6.45, 7) is 12.7. The maximum Gasteiger partial charge on any atom is 0.270 e. The summed E-state index contributed by atoms with van der Waals surface area (Å²) in [7, 11) is -1.95. The Hall–Kier alpha value is -2.69. The van der Waals surface area contributed by atoms with E-state index in [1.807, 2.05) is 12.1 Å². The third-order valence-corrected chi connectivity index (χ3v) is 13.7. The number of carbonyl (C=O) groups is 1. The van der Waals surface area contributed by atoms with Crippen LogP contribution in [-0.2, 0) is 10.8 Å². The highest BCUT2D eigenvalue weighted by Gasteiger charge is 2.42. The minimum Gasteiger partial charge on any atom is -0.415 e. The molecule has 0 bridgehead atoms. The number of halogens is 1. The summed E-state index contributed by atoms with van der Waals surface area (Å²) in [5, 5.41) is 0.109. The summed E-state index contributed by atoms with van der Waals surface area (Å²) in [5.41, 5.74) is 4.24. The molecule has 0 radical (unpaired) electrons. The molecule has 202 valence electrons. The fourth-order valence-electron chi connectivity index (χ4n) is 5.15. The Morgan fingerprint density at radius 2 is 2.00 bits per heavy atom. The molecule has 0 saturated carbocycles. The highest BCUT2D eigenvalue weighted by molar-refractivity contribution is 7.12. The van der Waals surface area contributed by atoms with Gasteiger partial charge in [-0.05, 0) is 55.6 Å². The number of aromatic nitrogens is 3. The van der Waals surface area contributed by atoms with E-state index in [-0.39, 0.29) is 17.0 Å². The molecule has 5 heterocycles. The van der Waals surface area contributed by atoms with Gasteiger partial charge in [0, 0.05) is 31.0 Å². The van der Waals surface area contributed by atoms with Gasteiger partial charge < -0.3 is 9.33 Å². The average Bonchev–Trinajstić information content (AvgIpc) is 3.36. The number of hydrogen-bond acceptors (Lipinski definition) is 7. The maximum absolute atomic E-state index is 15.8. The Balaban J connectivity index is 1.55. The molecule has 2 unspecified atom stereocenters. The molecule has 2 atom stereocenters. The molecule has 1 saturated heterocycles. The second-order valence-corrected chi connectivity index (χ2v) is 17.3. The summed E-state index contributed by atoms with van der Waals surface area (Å²) >= 11 is 1.32. The first kappa shape index (κ1) is 26.9. The number of carbonyl (C=O) groups excluding carboxylic acids is 1. The highest BCUT2D eigenvalue weighted by atomic mass is 32.1. The van der Waals surface area contributed by atoms with Crippen molar-refractivity contribution in [3.05, 3.63) is 64.4 Å². The van der Waals surface area contributed by atoms with Crippen molar-refractivity contribution < 1.29 is 13.6 Å². The van der Waals surface area contributed by atoms with Crippen LogP contribution in [0.2, 0.25) is 18.1 Å². The molecular weight excluding hydrogens is 517 g/mol. The Labute approximate surface area is 229 Å². The normalized spacial score (nSPS) is 20.5.